The van der Waals surface area contributed by atoms with Gasteiger partial charge in [0, 0.05) is 5.56 Å². The molecule has 30 heavy (non-hydrogen) atoms. The number of pyridine rings is 1. The van der Waals surface area contributed by atoms with E-state index >= 15 is 0 Å². The molecule has 6 aromatic rings. The first-order valence-electron chi connectivity index (χ1n) is 9.66. The number of benzene rings is 4. The van der Waals surface area contributed by atoms with Gasteiger partial charge in [0.1, 0.15) is 17.5 Å². The van der Waals surface area contributed by atoms with E-state index < -0.39 is 0 Å². The standard InChI is InChI=1S/C26H15N3S/c27-14-21-20(13-22(29-26(21)28)23-5-2-12-30-23)18-10-8-17-7-6-15-3-1-4-16-9-11-19(18)25(17)24(15)16/h1-13H,(H2,28,29). The zero-order valence-electron chi connectivity index (χ0n) is 15.9. The van der Waals surface area contributed by atoms with Crippen LogP contribution in [0.1, 0.15) is 5.56 Å². The van der Waals surface area contributed by atoms with Crippen LogP contribution in [0.5, 0.6) is 0 Å². The van der Waals surface area contributed by atoms with Crippen LogP contribution in [0.25, 0.3) is 54.0 Å². The summed E-state index contributed by atoms with van der Waals surface area (Å²) in [6.45, 7) is 0. The Morgan fingerprint density at radius 3 is 2.27 bits per heavy atom. The Morgan fingerprint density at radius 1 is 0.800 bits per heavy atom. The molecule has 0 saturated carbocycles. The van der Waals surface area contributed by atoms with Crippen LogP contribution in [0.15, 0.2) is 78.2 Å². The maximum Gasteiger partial charge on any atom is 0.142 e. The Balaban J connectivity index is 1.74. The number of rotatable bonds is 2. The Labute approximate surface area is 177 Å². The lowest BCUT2D eigenvalue weighted by atomic mass is 9.88. The third-order valence-electron chi connectivity index (χ3n) is 5.75. The molecule has 0 bridgehead atoms. The number of nitriles is 1. The fraction of sp³-hybridized carbons (Fsp3) is 0. The predicted molar refractivity (Wildman–Crippen MR) is 126 cm³/mol. The summed E-state index contributed by atoms with van der Waals surface area (Å²) < 4.78 is 0. The topological polar surface area (TPSA) is 62.7 Å². The molecule has 140 valence electrons. The fourth-order valence-corrected chi connectivity index (χ4v) is 5.10. The van der Waals surface area contributed by atoms with Gasteiger partial charge in [0.2, 0.25) is 0 Å². The molecular weight excluding hydrogens is 386 g/mol. The van der Waals surface area contributed by atoms with Crippen molar-refractivity contribution in [3.05, 3.63) is 83.7 Å². The molecular formula is C26H15N3S. The van der Waals surface area contributed by atoms with Gasteiger partial charge in [0.25, 0.3) is 0 Å². The third kappa shape index (κ3) is 2.33. The third-order valence-corrected chi connectivity index (χ3v) is 6.64. The molecule has 0 unspecified atom stereocenters. The molecule has 0 amide bonds. The average molecular weight is 401 g/mol. The number of hydrogen-bond acceptors (Lipinski definition) is 4. The van der Waals surface area contributed by atoms with E-state index in [9.17, 15) is 5.26 Å². The molecule has 3 nitrogen and oxygen atoms in total. The van der Waals surface area contributed by atoms with Gasteiger partial charge in [-0.05, 0) is 55.4 Å². The lowest BCUT2D eigenvalue weighted by Crippen LogP contribution is -1.99. The first-order valence-corrected chi connectivity index (χ1v) is 10.5. The van der Waals surface area contributed by atoms with Crippen molar-refractivity contribution in [2.45, 2.75) is 0 Å². The second kappa shape index (κ2) is 6.28. The number of thiophene rings is 1. The first kappa shape index (κ1) is 17.0. The summed E-state index contributed by atoms with van der Waals surface area (Å²) in [6.07, 6.45) is 0. The zero-order valence-corrected chi connectivity index (χ0v) is 16.7. The molecule has 0 atom stereocenters. The normalized spacial score (nSPS) is 11.4. The van der Waals surface area contributed by atoms with Gasteiger partial charge in [-0.3, -0.25) is 0 Å². The SMILES string of the molecule is N#Cc1c(-c2ccc3ccc4cccc5ccc2c3c45)cc(-c2cccs2)nc1N. The molecule has 6 rings (SSSR count). The Kier molecular flexibility index (Phi) is 3.55. The molecule has 0 fully saturated rings. The molecule has 0 spiro atoms. The van der Waals surface area contributed by atoms with Crippen molar-refractivity contribution in [1.82, 2.24) is 4.98 Å². The van der Waals surface area contributed by atoms with Crippen LogP contribution in [0.4, 0.5) is 5.82 Å². The molecule has 2 heterocycles. The number of anilines is 1. The smallest absolute Gasteiger partial charge is 0.142 e. The van der Waals surface area contributed by atoms with E-state index in [1.807, 2.05) is 23.6 Å². The van der Waals surface area contributed by atoms with E-state index in [1.54, 1.807) is 11.3 Å². The number of nitrogen functional groups attached to an aromatic ring is 1. The van der Waals surface area contributed by atoms with Crippen molar-refractivity contribution in [2.24, 2.45) is 0 Å². The Bertz CT molecular complexity index is 1590. The fourth-order valence-electron chi connectivity index (χ4n) is 4.42. The summed E-state index contributed by atoms with van der Waals surface area (Å²) in [5.41, 5.74) is 9.28. The molecule has 0 aliphatic heterocycles. The van der Waals surface area contributed by atoms with E-state index in [2.05, 4.69) is 65.7 Å². The highest BCUT2D eigenvalue weighted by molar-refractivity contribution is 7.13. The molecule has 2 N–H and O–H groups in total. The Hall–Kier alpha value is -3.94. The van der Waals surface area contributed by atoms with Gasteiger partial charge in [0.05, 0.1) is 10.6 Å². The molecule has 2 aromatic heterocycles. The minimum absolute atomic E-state index is 0.268. The summed E-state index contributed by atoms with van der Waals surface area (Å²) in [7, 11) is 0. The summed E-state index contributed by atoms with van der Waals surface area (Å²) in [5.74, 6) is 0.268. The second-order valence-corrected chi connectivity index (χ2v) is 8.32. The van der Waals surface area contributed by atoms with Crippen LogP contribution < -0.4 is 5.73 Å². The van der Waals surface area contributed by atoms with Crippen LogP contribution in [0.2, 0.25) is 0 Å². The van der Waals surface area contributed by atoms with E-state index in [1.165, 1.54) is 26.9 Å². The van der Waals surface area contributed by atoms with Gasteiger partial charge < -0.3 is 5.73 Å². The lowest BCUT2D eigenvalue weighted by molar-refractivity contribution is 1.32. The number of nitrogens with two attached hydrogens (primary N) is 1. The van der Waals surface area contributed by atoms with Crippen molar-refractivity contribution in [3.63, 3.8) is 0 Å². The molecule has 0 aliphatic rings. The second-order valence-electron chi connectivity index (χ2n) is 7.37. The number of nitrogens with zero attached hydrogens (tertiary/aromatic N) is 2. The molecule has 0 radical (unpaired) electrons. The van der Waals surface area contributed by atoms with Gasteiger partial charge in [-0.15, -0.1) is 11.3 Å². The number of hydrogen-bond donors (Lipinski definition) is 1. The summed E-state index contributed by atoms with van der Waals surface area (Å²) >= 11 is 1.61. The van der Waals surface area contributed by atoms with Crippen molar-refractivity contribution in [2.75, 3.05) is 5.73 Å². The van der Waals surface area contributed by atoms with Crippen LogP contribution in [-0.4, -0.2) is 4.98 Å². The quantitative estimate of drug-likeness (QED) is 0.324. The van der Waals surface area contributed by atoms with Gasteiger partial charge >= 0.3 is 0 Å². The van der Waals surface area contributed by atoms with Crippen LogP contribution in [0.3, 0.4) is 0 Å². The van der Waals surface area contributed by atoms with E-state index in [4.69, 9.17) is 5.73 Å². The van der Waals surface area contributed by atoms with Crippen molar-refractivity contribution in [1.29, 1.82) is 5.26 Å². The summed E-state index contributed by atoms with van der Waals surface area (Å²) in [6, 6.07) is 27.5. The Morgan fingerprint density at radius 2 is 1.53 bits per heavy atom. The lowest BCUT2D eigenvalue weighted by Gasteiger charge is -2.16. The maximum atomic E-state index is 9.86. The molecule has 0 saturated heterocycles. The highest BCUT2D eigenvalue weighted by atomic mass is 32.1. The van der Waals surface area contributed by atoms with Gasteiger partial charge in [-0.1, -0.05) is 60.7 Å². The zero-order chi connectivity index (χ0) is 20.2. The molecule has 0 aliphatic carbocycles. The van der Waals surface area contributed by atoms with Crippen molar-refractivity contribution >= 4 is 49.5 Å². The first-order chi connectivity index (χ1) is 14.7. The summed E-state index contributed by atoms with van der Waals surface area (Å²) in [4.78, 5) is 5.53. The van der Waals surface area contributed by atoms with E-state index in [0.717, 1.165) is 27.1 Å². The number of aromatic nitrogens is 1. The van der Waals surface area contributed by atoms with Crippen molar-refractivity contribution < 1.29 is 0 Å². The molecule has 4 aromatic carbocycles. The predicted octanol–water partition coefficient (Wildman–Crippen LogP) is 6.83. The maximum absolute atomic E-state index is 9.86. The van der Waals surface area contributed by atoms with Gasteiger partial charge in [-0.25, -0.2) is 4.98 Å². The van der Waals surface area contributed by atoms with Gasteiger partial charge in [0.15, 0.2) is 0 Å². The minimum atomic E-state index is 0.268. The van der Waals surface area contributed by atoms with Crippen LogP contribution in [0, 0.1) is 11.3 Å². The van der Waals surface area contributed by atoms with Crippen molar-refractivity contribution in [3.8, 4) is 27.8 Å². The van der Waals surface area contributed by atoms with Gasteiger partial charge in [-0.2, -0.15) is 5.26 Å². The van der Waals surface area contributed by atoms with E-state index in [0.29, 0.717) is 5.56 Å². The van der Waals surface area contributed by atoms with Crippen LogP contribution >= 0.6 is 11.3 Å². The largest absolute Gasteiger partial charge is 0.383 e. The highest BCUT2D eigenvalue weighted by Gasteiger charge is 2.18. The monoisotopic (exact) mass is 401 g/mol. The van der Waals surface area contributed by atoms with E-state index in [-0.39, 0.29) is 5.82 Å². The van der Waals surface area contributed by atoms with Crippen LogP contribution in [-0.2, 0) is 0 Å². The highest BCUT2D eigenvalue weighted by Crippen LogP contribution is 2.41. The summed E-state index contributed by atoms with van der Waals surface area (Å²) in [5, 5.41) is 19.1. The average Bonchev–Trinajstić information content (AvgIpc) is 3.32. The molecule has 4 heteroatoms. The minimum Gasteiger partial charge on any atom is -0.383 e.